The van der Waals surface area contributed by atoms with Crippen molar-refractivity contribution in [1.82, 2.24) is 5.32 Å². The lowest BCUT2D eigenvalue weighted by molar-refractivity contribution is -0.0327. The van der Waals surface area contributed by atoms with Crippen LogP contribution in [0.15, 0.2) is 0 Å². The average molecular weight is 241 g/mol. The fraction of sp³-hybridized carbons (Fsp3) is 1.00. The predicted molar refractivity (Wildman–Crippen MR) is 57.9 cm³/mol. The number of nitrogens with one attached hydrogen (secondary N) is 1. The van der Waals surface area contributed by atoms with E-state index >= 15 is 0 Å². The molecule has 0 aliphatic heterocycles. The molecular formula is C10H18F3NS. The Bertz CT molecular complexity index is 203. The van der Waals surface area contributed by atoms with E-state index in [4.69, 9.17) is 0 Å². The first-order chi connectivity index (χ1) is 6.79. The summed E-state index contributed by atoms with van der Waals surface area (Å²) in [6.07, 6.45) is 3.32. The lowest BCUT2D eigenvalue weighted by Gasteiger charge is -2.17. The highest BCUT2D eigenvalue weighted by atomic mass is 32.2. The minimum atomic E-state index is -4.09. The van der Waals surface area contributed by atoms with Gasteiger partial charge in [-0.15, -0.1) is 0 Å². The van der Waals surface area contributed by atoms with E-state index in [2.05, 4.69) is 19.2 Å². The van der Waals surface area contributed by atoms with Gasteiger partial charge in [0.15, 0.2) is 0 Å². The molecule has 0 saturated heterocycles. The molecule has 0 aromatic rings. The van der Waals surface area contributed by atoms with Gasteiger partial charge in [0.2, 0.25) is 0 Å². The van der Waals surface area contributed by atoms with E-state index in [0.717, 1.165) is 19.3 Å². The van der Waals surface area contributed by atoms with Crippen LogP contribution in [0.25, 0.3) is 0 Å². The second-order valence-corrected chi connectivity index (χ2v) is 6.01. The summed E-state index contributed by atoms with van der Waals surface area (Å²) in [6, 6.07) is 0.411. The first-order valence-electron chi connectivity index (χ1n) is 5.23. The largest absolute Gasteiger partial charge is 0.441 e. The van der Waals surface area contributed by atoms with E-state index in [1.807, 2.05) is 0 Å². The summed E-state index contributed by atoms with van der Waals surface area (Å²) in [5.41, 5.74) is -3.73. The molecule has 0 heterocycles. The van der Waals surface area contributed by atoms with Gasteiger partial charge in [-0.1, -0.05) is 13.8 Å². The van der Waals surface area contributed by atoms with E-state index < -0.39 is 5.51 Å². The maximum absolute atomic E-state index is 11.8. The molecule has 0 bridgehead atoms. The maximum atomic E-state index is 11.8. The summed E-state index contributed by atoms with van der Waals surface area (Å²) in [5.74, 6) is 0.112. The molecule has 1 rings (SSSR count). The summed E-state index contributed by atoms with van der Waals surface area (Å²) < 4.78 is 35.4. The van der Waals surface area contributed by atoms with Crippen molar-refractivity contribution >= 4 is 11.8 Å². The van der Waals surface area contributed by atoms with Crippen molar-refractivity contribution in [2.75, 3.05) is 12.3 Å². The number of thioether (sulfide) groups is 1. The van der Waals surface area contributed by atoms with Crippen LogP contribution in [-0.4, -0.2) is 23.8 Å². The number of halogens is 3. The van der Waals surface area contributed by atoms with Gasteiger partial charge >= 0.3 is 5.51 Å². The highest BCUT2D eigenvalue weighted by Gasteiger charge is 2.31. The minimum absolute atomic E-state index is 0.0543. The summed E-state index contributed by atoms with van der Waals surface area (Å²) >= 11 is 0.0543. The van der Waals surface area contributed by atoms with Crippen molar-refractivity contribution in [3.8, 4) is 0 Å². The van der Waals surface area contributed by atoms with Crippen LogP contribution in [0, 0.1) is 5.41 Å². The lowest BCUT2D eigenvalue weighted by Crippen LogP contribution is -2.29. The molecule has 1 atom stereocenters. The molecule has 0 aromatic heterocycles. The van der Waals surface area contributed by atoms with Gasteiger partial charge in [-0.2, -0.15) is 13.2 Å². The number of rotatable bonds is 4. The first-order valence-corrected chi connectivity index (χ1v) is 6.21. The van der Waals surface area contributed by atoms with Crippen molar-refractivity contribution in [3.05, 3.63) is 0 Å². The van der Waals surface area contributed by atoms with Gasteiger partial charge in [0.25, 0.3) is 0 Å². The standard InChI is InChI=1S/C10H18F3NS/c1-9(2)4-3-8(7-9)14-5-6-15-10(11,12)13/h8,14H,3-7H2,1-2H3. The molecule has 0 amide bonds. The average Bonchev–Trinajstić information content (AvgIpc) is 2.38. The molecule has 1 nitrogen and oxygen atoms in total. The second kappa shape index (κ2) is 4.95. The van der Waals surface area contributed by atoms with Crippen LogP contribution in [0.5, 0.6) is 0 Å². The Morgan fingerprint density at radius 1 is 1.40 bits per heavy atom. The summed E-state index contributed by atoms with van der Waals surface area (Å²) in [7, 11) is 0. The molecule has 1 aliphatic carbocycles. The molecule has 1 saturated carbocycles. The molecule has 0 aromatic carbocycles. The summed E-state index contributed by atoms with van der Waals surface area (Å²) in [5, 5.41) is 3.19. The zero-order chi connectivity index (χ0) is 11.5. The van der Waals surface area contributed by atoms with E-state index in [1.54, 1.807) is 0 Å². The third-order valence-electron chi connectivity index (χ3n) is 2.77. The smallest absolute Gasteiger partial charge is 0.313 e. The highest BCUT2D eigenvalue weighted by Crippen LogP contribution is 2.37. The normalized spacial score (nSPS) is 25.8. The summed E-state index contributed by atoms with van der Waals surface area (Å²) in [6.45, 7) is 4.86. The van der Waals surface area contributed by atoms with Crippen LogP contribution in [0.2, 0.25) is 0 Å². The maximum Gasteiger partial charge on any atom is 0.441 e. The predicted octanol–water partition coefficient (Wildman–Crippen LogP) is 3.41. The zero-order valence-corrected chi connectivity index (χ0v) is 9.97. The molecule has 1 fully saturated rings. The first kappa shape index (κ1) is 13.2. The van der Waals surface area contributed by atoms with Gasteiger partial charge in [0.05, 0.1) is 0 Å². The highest BCUT2D eigenvalue weighted by molar-refractivity contribution is 8.00. The Morgan fingerprint density at radius 2 is 2.07 bits per heavy atom. The van der Waals surface area contributed by atoms with Gasteiger partial charge < -0.3 is 5.32 Å². The topological polar surface area (TPSA) is 12.0 Å². The van der Waals surface area contributed by atoms with E-state index in [1.165, 1.54) is 0 Å². The number of alkyl halides is 3. The second-order valence-electron chi connectivity index (χ2n) is 4.85. The molecule has 1 unspecified atom stereocenters. The Kier molecular flexibility index (Phi) is 4.35. The molecule has 1 N–H and O–H groups in total. The number of hydrogen-bond acceptors (Lipinski definition) is 2. The summed E-state index contributed by atoms with van der Waals surface area (Å²) in [4.78, 5) is 0. The molecule has 0 spiro atoms. The van der Waals surface area contributed by atoms with Crippen LogP contribution < -0.4 is 5.32 Å². The Labute approximate surface area is 93.2 Å². The molecule has 15 heavy (non-hydrogen) atoms. The SMILES string of the molecule is CC1(C)CCC(NCCSC(F)(F)F)C1. The Hall–Kier alpha value is 0.100. The van der Waals surface area contributed by atoms with Crippen molar-refractivity contribution in [2.24, 2.45) is 5.41 Å². The van der Waals surface area contributed by atoms with Crippen molar-refractivity contribution in [2.45, 2.75) is 44.7 Å². The Balaban J connectivity index is 2.07. The minimum Gasteiger partial charge on any atom is -0.313 e. The van der Waals surface area contributed by atoms with Crippen molar-refractivity contribution in [1.29, 1.82) is 0 Å². The van der Waals surface area contributed by atoms with Gasteiger partial charge in [0.1, 0.15) is 0 Å². The lowest BCUT2D eigenvalue weighted by atomic mass is 9.92. The molecular weight excluding hydrogens is 223 g/mol. The van der Waals surface area contributed by atoms with Gasteiger partial charge in [0, 0.05) is 18.3 Å². The third-order valence-corrected chi connectivity index (χ3v) is 3.50. The van der Waals surface area contributed by atoms with Gasteiger partial charge in [-0.25, -0.2) is 0 Å². The van der Waals surface area contributed by atoms with Gasteiger partial charge in [-0.05, 0) is 36.4 Å². The molecule has 90 valence electrons. The molecule has 0 radical (unpaired) electrons. The van der Waals surface area contributed by atoms with Crippen LogP contribution in [0.3, 0.4) is 0 Å². The fourth-order valence-corrected chi connectivity index (χ4v) is 2.49. The molecule has 5 heteroatoms. The van der Waals surface area contributed by atoms with Crippen LogP contribution in [-0.2, 0) is 0 Å². The third kappa shape index (κ3) is 5.66. The van der Waals surface area contributed by atoms with E-state index in [9.17, 15) is 13.2 Å². The quantitative estimate of drug-likeness (QED) is 0.757. The zero-order valence-electron chi connectivity index (χ0n) is 9.16. The van der Waals surface area contributed by atoms with E-state index in [0.29, 0.717) is 18.0 Å². The Morgan fingerprint density at radius 3 is 2.53 bits per heavy atom. The fourth-order valence-electron chi connectivity index (χ4n) is 2.04. The van der Waals surface area contributed by atoms with Crippen molar-refractivity contribution < 1.29 is 13.2 Å². The monoisotopic (exact) mass is 241 g/mol. The van der Waals surface area contributed by atoms with Crippen LogP contribution in [0.1, 0.15) is 33.1 Å². The van der Waals surface area contributed by atoms with Crippen LogP contribution in [0.4, 0.5) is 13.2 Å². The van der Waals surface area contributed by atoms with Gasteiger partial charge in [-0.3, -0.25) is 0 Å². The number of hydrogen-bond donors (Lipinski definition) is 1. The van der Waals surface area contributed by atoms with E-state index in [-0.39, 0.29) is 17.5 Å². The van der Waals surface area contributed by atoms with Crippen LogP contribution >= 0.6 is 11.8 Å². The van der Waals surface area contributed by atoms with Crippen molar-refractivity contribution in [3.63, 3.8) is 0 Å². The molecule has 1 aliphatic rings.